The molecule has 1 aliphatic carbocycles. The third-order valence-corrected chi connectivity index (χ3v) is 3.38. The zero-order chi connectivity index (χ0) is 11.9. The Morgan fingerprint density at radius 3 is 2.62 bits per heavy atom. The molecule has 0 aromatic carbocycles. The molecule has 3 N–H and O–H groups in total. The molecule has 5 heteroatoms. The van der Waals surface area contributed by atoms with Crippen molar-refractivity contribution < 1.29 is 20.1 Å². The first kappa shape index (κ1) is 11.8. The maximum Gasteiger partial charge on any atom is 0.186 e. The fourth-order valence-corrected chi connectivity index (χ4v) is 2.36. The van der Waals surface area contributed by atoms with Crippen molar-refractivity contribution in [1.82, 2.24) is 0 Å². The first-order chi connectivity index (χ1) is 7.54. The topological polar surface area (TPSA) is 82.3 Å². The van der Waals surface area contributed by atoms with Crippen LogP contribution in [0.2, 0.25) is 0 Å². The van der Waals surface area contributed by atoms with Gasteiger partial charge < -0.3 is 20.1 Å². The van der Waals surface area contributed by atoms with Crippen LogP contribution in [-0.2, 0) is 4.74 Å². The third kappa shape index (κ3) is 1.83. The van der Waals surface area contributed by atoms with Crippen molar-refractivity contribution in [2.75, 3.05) is 6.61 Å². The van der Waals surface area contributed by atoms with E-state index in [4.69, 9.17) is 9.84 Å². The van der Waals surface area contributed by atoms with Gasteiger partial charge in [-0.25, -0.2) is 4.99 Å². The number of fused-ring (bicyclic) bond motifs is 1. The maximum absolute atomic E-state index is 9.90. The van der Waals surface area contributed by atoms with Crippen molar-refractivity contribution in [2.24, 2.45) is 16.8 Å². The van der Waals surface area contributed by atoms with Crippen LogP contribution >= 0.6 is 0 Å². The normalized spacial score (nSPS) is 42.9. The number of aliphatic hydroxyl groups is 3. The largest absolute Gasteiger partial charge is 0.475 e. The highest BCUT2D eigenvalue weighted by Crippen LogP contribution is 2.33. The van der Waals surface area contributed by atoms with Gasteiger partial charge in [0.15, 0.2) is 5.90 Å². The average Bonchev–Trinajstić information content (AvgIpc) is 2.67. The van der Waals surface area contributed by atoms with Crippen molar-refractivity contribution >= 4 is 5.90 Å². The molecule has 0 saturated heterocycles. The molecule has 0 aromatic rings. The van der Waals surface area contributed by atoms with Gasteiger partial charge >= 0.3 is 0 Å². The molecule has 1 heterocycles. The van der Waals surface area contributed by atoms with Crippen LogP contribution in [0.3, 0.4) is 0 Å². The SMILES string of the molecule is CC(C)C1=NC2C(CC(CO)C(O)C2O)O1. The Morgan fingerprint density at radius 1 is 1.38 bits per heavy atom. The van der Waals surface area contributed by atoms with Gasteiger partial charge in [0.2, 0.25) is 0 Å². The summed E-state index contributed by atoms with van der Waals surface area (Å²) in [6.07, 6.45) is -1.51. The van der Waals surface area contributed by atoms with Gasteiger partial charge in [0.05, 0.1) is 6.10 Å². The summed E-state index contributed by atoms with van der Waals surface area (Å²) in [5.41, 5.74) is 0. The van der Waals surface area contributed by atoms with Crippen molar-refractivity contribution in [3.05, 3.63) is 0 Å². The average molecular weight is 229 g/mol. The van der Waals surface area contributed by atoms with Gasteiger partial charge in [-0.3, -0.25) is 0 Å². The second kappa shape index (κ2) is 4.31. The molecule has 2 rings (SSSR count). The zero-order valence-electron chi connectivity index (χ0n) is 9.58. The van der Waals surface area contributed by atoms with Crippen molar-refractivity contribution in [3.63, 3.8) is 0 Å². The molecule has 5 nitrogen and oxygen atoms in total. The fraction of sp³-hybridized carbons (Fsp3) is 0.909. The summed E-state index contributed by atoms with van der Waals surface area (Å²) in [5.74, 6) is 0.500. The molecule has 2 aliphatic rings. The molecule has 0 amide bonds. The minimum absolute atomic E-state index is 0.137. The Hall–Kier alpha value is -0.650. The summed E-state index contributed by atoms with van der Waals surface area (Å²) >= 11 is 0. The number of nitrogens with zero attached hydrogens (tertiary/aromatic N) is 1. The molecular weight excluding hydrogens is 210 g/mol. The van der Waals surface area contributed by atoms with Crippen LogP contribution < -0.4 is 0 Å². The van der Waals surface area contributed by atoms with E-state index in [0.29, 0.717) is 12.3 Å². The van der Waals surface area contributed by atoms with Crippen molar-refractivity contribution in [3.8, 4) is 0 Å². The molecule has 0 aromatic heterocycles. The maximum atomic E-state index is 9.90. The molecule has 0 bridgehead atoms. The minimum atomic E-state index is -0.938. The summed E-state index contributed by atoms with van der Waals surface area (Å²) in [7, 11) is 0. The molecule has 1 fully saturated rings. The van der Waals surface area contributed by atoms with E-state index in [9.17, 15) is 10.2 Å². The second-order valence-electron chi connectivity index (χ2n) is 4.93. The number of hydrogen-bond donors (Lipinski definition) is 3. The lowest BCUT2D eigenvalue weighted by atomic mass is 9.80. The Bertz CT molecular complexity index is 292. The van der Waals surface area contributed by atoms with Crippen molar-refractivity contribution in [1.29, 1.82) is 0 Å². The van der Waals surface area contributed by atoms with Gasteiger partial charge in [0.25, 0.3) is 0 Å². The quantitative estimate of drug-likeness (QED) is 0.598. The first-order valence-electron chi connectivity index (χ1n) is 5.76. The molecule has 5 atom stereocenters. The van der Waals surface area contributed by atoms with E-state index in [1.165, 1.54) is 0 Å². The summed E-state index contributed by atoms with van der Waals surface area (Å²) < 4.78 is 5.65. The van der Waals surface area contributed by atoms with E-state index in [2.05, 4.69) is 4.99 Å². The number of hydrogen-bond acceptors (Lipinski definition) is 5. The van der Waals surface area contributed by atoms with Gasteiger partial charge in [0.1, 0.15) is 18.2 Å². The molecule has 0 spiro atoms. The molecule has 0 radical (unpaired) electrons. The smallest absolute Gasteiger partial charge is 0.186 e. The lowest BCUT2D eigenvalue weighted by Crippen LogP contribution is -2.52. The Labute approximate surface area is 94.8 Å². The Morgan fingerprint density at radius 2 is 2.06 bits per heavy atom. The highest BCUT2D eigenvalue weighted by Gasteiger charge is 2.47. The summed E-state index contributed by atoms with van der Waals surface area (Å²) in [5, 5.41) is 28.8. The fourth-order valence-electron chi connectivity index (χ4n) is 2.36. The third-order valence-electron chi connectivity index (χ3n) is 3.38. The predicted molar refractivity (Wildman–Crippen MR) is 58.1 cm³/mol. The summed E-state index contributed by atoms with van der Waals surface area (Å²) in [6.45, 7) is 3.81. The monoisotopic (exact) mass is 229 g/mol. The Kier molecular flexibility index (Phi) is 3.19. The predicted octanol–water partition coefficient (Wildman–Crippen LogP) is -0.458. The molecular formula is C11H19NO4. The van der Waals surface area contributed by atoms with Crippen LogP contribution in [0, 0.1) is 11.8 Å². The number of ether oxygens (including phenoxy) is 1. The lowest BCUT2D eigenvalue weighted by molar-refractivity contribution is -0.0949. The van der Waals surface area contributed by atoms with Gasteiger partial charge in [-0.15, -0.1) is 0 Å². The van der Waals surface area contributed by atoms with E-state index >= 15 is 0 Å². The van der Waals surface area contributed by atoms with Crippen molar-refractivity contribution in [2.45, 2.75) is 44.6 Å². The van der Waals surface area contributed by atoms with E-state index in [1.54, 1.807) is 0 Å². The van der Waals surface area contributed by atoms with Gasteiger partial charge in [-0.2, -0.15) is 0 Å². The standard InChI is InChI=1S/C11H19NO4/c1-5(2)11-12-8-7(16-11)3-6(4-13)9(14)10(8)15/h5-10,13-15H,3-4H2,1-2H3. The molecule has 92 valence electrons. The van der Waals surface area contributed by atoms with E-state index in [1.807, 2.05) is 13.8 Å². The van der Waals surface area contributed by atoms with Crippen LogP contribution in [0.15, 0.2) is 4.99 Å². The second-order valence-corrected chi connectivity index (χ2v) is 4.93. The van der Waals surface area contributed by atoms with Crippen LogP contribution in [0.4, 0.5) is 0 Å². The van der Waals surface area contributed by atoms with Gasteiger partial charge in [-0.05, 0) is 6.42 Å². The van der Waals surface area contributed by atoms with Crippen LogP contribution in [0.25, 0.3) is 0 Å². The highest BCUT2D eigenvalue weighted by atomic mass is 16.5. The Balaban J connectivity index is 2.14. The minimum Gasteiger partial charge on any atom is -0.475 e. The van der Waals surface area contributed by atoms with Crippen LogP contribution in [-0.4, -0.2) is 52.2 Å². The summed E-state index contributed by atoms with van der Waals surface area (Å²) in [6, 6.07) is -0.379. The highest BCUT2D eigenvalue weighted by molar-refractivity contribution is 5.80. The molecule has 16 heavy (non-hydrogen) atoms. The number of rotatable bonds is 2. The summed E-state index contributed by atoms with van der Waals surface area (Å²) in [4.78, 5) is 4.31. The zero-order valence-corrected chi connectivity index (χ0v) is 9.58. The van der Waals surface area contributed by atoms with Crippen LogP contribution in [0.1, 0.15) is 20.3 Å². The van der Waals surface area contributed by atoms with Gasteiger partial charge in [-0.1, -0.05) is 13.8 Å². The molecule has 1 aliphatic heterocycles. The van der Waals surface area contributed by atoms with Crippen LogP contribution in [0.5, 0.6) is 0 Å². The molecule has 1 saturated carbocycles. The first-order valence-corrected chi connectivity index (χ1v) is 5.76. The van der Waals surface area contributed by atoms with E-state index in [-0.39, 0.29) is 30.6 Å². The molecule has 5 unspecified atom stereocenters. The number of aliphatic hydroxyl groups excluding tert-OH is 3. The van der Waals surface area contributed by atoms with E-state index < -0.39 is 12.2 Å². The lowest BCUT2D eigenvalue weighted by Gasteiger charge is -2.36. The van der Waals surface area contributed by atoms with E-state index in [0.717, 1.165) is 0 Å². The number of aliphatic imine (C=N–C) groups is 1. The van der Waals surface area contributed by atoms with Gasteiger partial charge in [0, 0.05) is 18.4 Å².